The molecule has 7 heteroatoms. The highest BCUT2D eigenvalue weighted by Crippen LogP contribution is 2.31. The molecule has 0 saturated heterocycles. The Morgan fingerprint density at radius 2 is 2.10 bits per heavy atom. The standard InChI is InChI=1S/C13H14N4O3/c1-13(2,12(14)18)16-9-5-6-10(17(19)20)8-4-3-7-15-11(8)9/h3-7,16H,1-2H3,(H2,14,18). The van der Waals surface area contributed by atoms with E-state index < -0.39 is 16.4 Å². The second kappa shape index (κ2) is 4.76. The largest absolute Gasteiger partial charge is 0.370 e. The van der Waals surface area contributed by atoms with Gasteiger partial charge in [0.25, 0.3) is 5.69 Å². The number of nitrogens with zero attached hydrogens (tertiary/aromatic N) is 2. The molecule has 1 heterocycles. The molecule has 20 heavy (non-hydrogen) atoms. The fraction of sp³-hybridized carbons (Fsp3) is 0.231. The maximum absolute atomic E-state index is 11.4. The first kappa shape index (κ1) is 13.7. The van der Waals surface area contributed by atoms with E-state index in [4.69, 9.17) is 5.73 Å². The molecule has 0 aliphatic heterocycles. The van der Waals surface area contributed by atoms with Crippen LogP contribution in [0.2, 0.25) is 0 Å². The number of nitro benzene ring substituents is 1. The number of hydrogen-bond acceptors (Lipinski definition) is 5. The molecule has 7 nitrogen and oxygen atoms in total. The lowest BCUT2D eigenvalue weighted by atomic mass is 10.0. The molecule has 3 N–H and O–H groups in total. The van der Waals surface area contributed by atoms with Gasteiger partial charge in [-0.15, -0.1) is 0 Å². The van der Waals surface area contributed by atoms with Gasteiger partial charge < -0.3 is 11.1 Å². The maximum Gasteiger partial charge on any atom is 0.278 e. The van der Waals surface area contributed by atoms with Gasteiger partial charge in [0.2, 0.25) is 5.91 Å². The minimum absolute atomic E-state index is 0.0319. The van der Waals surface area contributed by atoms with Gasteiger partial charge in [-0.2, -0.15) is 0 Å². The first-order chi connectivity index (χ1) is 9.33. The summed E-state index contributed by atoms with van der Waals surface area (Å²) in [4.78, 5) is 26.1. The van der Waals surface area contributed by atoms with Gasteiger partial charge in [-0.05, 0) is 32.0 Å². The van der Waals surface area contributed by atoms with Crippen molar-refractivity contribution in [2.75, 3.05) is 5.32 Å². The van der Waals surface area contributed by atoms with Crippen LogP contribution in [0.5, 0.6) is 0 Å². The molecule has 0 bridgehead atoms. The number of anilines is 1. The molecule has 2 aromatic rings. The average molecular weight is 274 g/mol. The van der Waals surface area contributed by atoms with Gasteiger partial charge in [-0.1, -0.05) is 0 Å². The zero-order chi connectivity index (χ0) is 14.9. The number of aromatic nitrogens is 1. The van der Waals surface area contributed by atoms with Crippen LogP contribution in [0.3, 0.4) is 0 Å². The van der Waals surface area contributed by atoms with Crippen molar-refractivity contribution >= 4 is 28.2 Å². The molecule has 1 aromatic carbocycles. The smallest absolute Gasteiger partial charge is 0.278 e. The minimum atomic E-state index is -0.986. The Balaban J connectivity index is 2.60. The zero-order valence-electron chi connectivity index (χ0n) is 11.1. The summed E-state index contributed by atoms with van der Waals surface area (Å²) in [5, 5.41) is 14.4. The van der Waals surface area contributed by atoms with Crippen LogP contribution in [-0.2, 0) is 4.79 Å². The van der Waals surface area contributed by atoms with E-state index in [-0.39, 0.29) is 5.69 Å². The lowest BCUT2D eigenvalue weighted by Crippen LogP contribution is -2.45. The summed E-state index contributed by atoms with van der Waals surface area (Å²) >= 11 is 0. The predicted molar refractivity (Wildman–Crippen MR) is 75.3 cm³/mol. The van der Waals surface area contributed by atoms with Crippen LogP contribution in [0.25, 0.3) is 10.9 Å². The Bertz CT molecular complexity index is 697. The lowest BCUT2D eigenvalue weighted by molar-refractivity contribution is -0.383. The Morgan fingerprint density at radius 1 is 1.40 bits per heavy atom. The quantitative estimate of drug-likeness (QED) is 0.652. The van der Waals surface area contributed by atoms with Gasteiger partial charge in [0, 0.05) is 12.3 Å². The van der Waals surface area contributed by atoms with Crippen molar-refractivity contribution in [3.63, 3.8) is 0 Å². The summed E-state index contributed by atoms with van der Waals surface area (Å²) in [6.45, 7) is 3.26. The molecule has 0 unspecified atom stereocenters. The van der Waals surface area contributed by atoms with Gasteiger partial charge in [0.15, 0.2) is 0 Å². The third kappa shape index (κ3) is 2.37. The summed E-state index contributed by atoms with van der Waals surface area (Å²) in [5.41, 5.74) is 5.24. The van der Waals surface area contributed by atoms with Gasteiger partial charge in [-0.25, -0.2) is 0 Å². The van der Waals surface area contributed by atoms with Crippen molar-refractivity contribution in [1.29, 1.82) is 0 Å². The van der Waals surface area contributed by atoms with Crippen LogP contribution >= 0.6 is 0 Å². The number of nitrogens with one attached hydrogen (secondary N) is 1. The summed E-state index contributed by atoms with van der Waals surface area (Å²) < 4.78 is 0. The number of nitro groups is 1. The molecule has 104 valence electrons. The number of amides is 1. The van der Waals surface area contributed by atoms with Crippen LogP contribution in [0.1, 0.15) is 13.8 Å². The first-order valence-electron chi connectivity index (χ1n) is 5.93. The SMILES string of the molecule is CC(C)(Nc1ccc([N+](=O)[O-])c2cccnc12)C(N)=O. The number of carbonyl (C=O) groups excluding carboxylic acids is 1. The lowest BCUT2D eigenvalue weighted by Gasteiger charge is -2.24. The van der Waals surface area contributed by atoms with Crippen LogP contribution in [-0.4, -0.2) is 21.4 Å². The van der Waals surface area contributed by atoms with Crippen LogP contribution in [0, 0.1) is 10.1 Å². The fourth-order valence-electron chi connectivity index (χ4n) is 1.82. The summed E-state index contributed by atoms with van der Waals surface area (Å²) in [6.07, 6.45) is 1.54. The number of fused-ring (bicyclic) bond motifs is 1. The van der Waals surface area contributed by atoms with Gasteiger partial charge in [0.1, 0.15) is 11.1 Å². The molecule has 0 atom stereocenters. The third-order valence-electron chi connectivity index (χ3n) is 3.01. The normalized spacial score (nSPS) is 11.3. The van der Waals surface area contributed by atoms with E-state index in [0.29, 0.717) is 16.6 Å². The highest BCUT2D eigenvalue weighted by atomic mass is 16.6. The Kier molecular flexibility index (Phi) is 3.27. The van der Waals surface area contributed by atoms with Crippen molar-refractivity contribution in [2.45, 2.75) is 19.4 Å². The maximum atomic E-state index is 11.4. The fourth-order valence-corrected chi connectivity index (χ4v) is 1.82. The van der Waals surface area contributed by atoms with Gasteiger partial charge in [0.05, 0.1) is 16.0 Å². The topological polar surface area (TPSA) is 111 Å². The summed E-state index contributed by atoms with van der Waals surface area (Å²) in [6, 6.07) is 6.14. The molecule has 1 aromatic heterocycles. The van der Waals surface area contributed by atoms with Crippen LogP contribution in [0.15, 0.2) is 30.5 Å². The number of hydrogen-bond donors (Lipinski definition) is 2. The van der Waals surface area contributed by atoms with Crippen molar-refractivity contribution in [3.8, 4) is 0 Å². The number of rotatable bonds is 4. The van der Waals surface area contributed by atoms with E-state index in [1.54, 1.807) is 26.0 Å². The highest BCUT2D eigenvalue weighted by Gasteiger charge is 2.26. The summed E-state index contributed by atoms with van der Waals surface area (Å²) in [7, 11) is 0. The second-order valence-corrected chi connectivity index (χ2v) is 4.90. The molecule has 2 rings (SSSR count). The number of pyridine rings is 1. The zero-order valence-corrected chi connectivity index (χ0v) is 11.1. The van der Waals surface area contributed by atoms with Crippen LogP contribution in [0.4, 0.5) is 11.4 Å². The third-order valence-corrected chi connectivity index (χ3v) is 3.01. The van der Waals surface area contributed by atoms with Crippen molar-refractivity contribution in [2.24, 2.45) is 5.73 Å². The van der Waals surface area contributed by atoms with Crippen LogP contribution < -0.4 is 11.1 Å². The van der Waals surface area contributed by atoms with E-state index in [9.17, 15) is 14.9 Å². The Morgan fingerprint density at radius 3 is 2.70 bits per heavy atom. The molecule has 0 aliphatic carbocycles. The molecule has 0 aliphatic rings. The molecular formula is C13H14N4O3. The van der Waals surface area contributed by atoms with Crippen molar-refractivity contribution in [3.05, 3.63) is 40.6 Å². The van der Waals surface area contributed by atoms with Gasteiger partial charge in [-0.3, -0.25) is 19.9 Å². The predicted octanol–water partition coefficient (Wildman–Crippen LogP) is 1.82. The van der Waals surface area contributed by atoms with Gasteiger partial charge >= 0.3 is 0 Å². The number of non-ortho nitro benzene ring substituents is 1. The Labute approximate surface area is 114 Å². The highest BCUT2D eigenvalue weighted by molar-refractivity contribution is 5.98. The average Bonchev–Trinajstić information content (AvgIpc) is 2.38. The molecular weight excluding hydrogens is 260 g/mol. The number of nitrogens with two attached hydrogens (primary N) is 1. The van der Waals surface area contributed by atoms with E-state index >= 15 is 0 Å². The monoisotopic (exact) mass is 274 g/mol. The number of benzene rings is 1. The molecule has 0 radical (unpaired) electrons. The van der Waals surface area contributed by atoms with E-state index in [0.717, 1.165) is 0 Å². The van der Waals surface area contributed by atoms with Crippen molar-refractivity contribution in [1.82, 2.24) is 4.98 Å². The number of carbonyl (C=O) groups is 1. The molecule has 0 saturated carbocycles. The molecule has 0 fully saturated rings. The van der Waals surface area contributed by atoms with E-state index in [1.807, 2.05) is 0 Å². The Hall–Kier alpha value is -2.70. The second-order valence-electron chi connectivity index (χ2n) is 4.90. The summed E-state index contributed by atoms with van der Waals surface area (Å²) in [5.74, 6) is -0.528. The molecule has 0 spiro atoms. The molecule has 1 amide bonds. The first-order valence-corrected chi connectivity index (χ1v) is 5.93. The van der Waals surface area contributed by atoms with E-state index in [1.165, 1.54) is 18.3 Å². The number of primary amides is 1. The minimum Gasteiger partial charge on any atom is -0.370 e. The van der Waals surface area contributed by atoms with E-state index in [2.05, 4.69) is 10.3 Å². The van der Waals surface area contributed by atoms with Crippen molar-refractivity contribution < 1.29 is 9.72 Å².